The summed E-state index contributed by atoms with van der Waals surface area (Å²) in [5, 5.41) is 12.7. The van der Waals surface area contributed by atoms with Crippen LogP contribution >= 0.6 is 11.3 Å². The summed E-state index contributed by atoms with van der Waals surface area (Å²) in [5.74, 6) is 0.209. The molecular formula is C17H22N2O2S. The summed E-state index contributed by atoms with van der Waals surface area (Å²) in [5.41, 5.74) is 1.14. The molecule has 0 bridgehead atoms. The highest BCUT2D eigenvalue weighted by atomic mass is 32.1. The Morgan fingerprint density at radius 2 is 2.00 bits per heavy atom. The molecule has 0 aliphatic carbocycles. The topological polar surface area (TPSA) is 43.8 Å². The van der Waals surface area contributed by atoms with Crippen LogP contribution in [0, 0.1) is 0 Å². The van der Waals surface area contributed by atoms with E-state index >= 15 is 0 Å². The van der Waals surface area contributed by atoms with Gasteiger partial charge in [-0.15, -0.1) is 11.3 Å². The second-order valence-corrected chi connectivity index (χ2v) is 6.88. The van der Waals surface area contributed by atoms with Crippen LogP contribution in [0.4, 0.5) is 0 Å². The third-order valence-corrected chi connectivity index (χ3v) is 5.16. The van der Waals surface area contributed by atoms with Gasteiger partial charge in [0.05, 0.1) is 12.5 Å². The summed E-state index contributed by atoms with van der Waals surface area (Å²) in [6.45, 7) is 5.71. The predicted octanol–water partition coefficient (Wildman–Crippen LogP) is 1.97. The van der Waals surface area contributed by atoms with Crippen molar-refractivity contribution in [2.75, 3.05) is 32.7 Å². The molecule has 22 heavy (non-hydrogen) atoms. The number of aliphatic hydroxyl groups is 1. The first-order valence-electron chi connectivity index (χ1n) is 7.77. The molecule has 1 aliphatic rings. The van der Waals surface area contributed by atoms with E-state index in [9.17, 15) is 9.90 Å². The average molecular weight is 318 g/mol. The Morgan fingerprint density at radius 3 is 2.73 bits per heavy atom. The number of carbonyl (C=O) groups is 1. The van der Waals surface area contributed by atoms with Crippen molar-refractivity contribution in [1.82, 2.24) is 9.80 Å². The Labute approximate surface area is 135 Å². The van der Waals surface area contributed by atoms with Crippen LogP contribution in [0.1, 0.15) is 12.5 Å². The Kier molecular flexibility index (Phi) is 4.76. The van der Waals surface area contributed by atoms with Crippen LogP contribution in [-0.4, -0.2) is 59.6 Å². The highest BCUT2D eigenvalue weighted by molar-refractivity contribution is 7.17. The lowest BCUT2D eigenvalue weighted by atomic mass is 10.1. The van der Waals surface area contributed by atoms with E-state index in [1.807, 2.05) is 17.0 Å². The first-order chi connectivity index (χ1) is 10.6. The monoisotopic (exact) mass is 318 g/mol. The van der Waals surface area contributed by atoms with Crippen LogP contribution in [0.2, 0.25) is 0 Å². The van der Waals surface area contributed by atoms with Gasteiger partial charge < -0.3 is 10.0 Å². The smallest absolute Gasteiger partial charge is 0.227 e. The fourth-order valence-electron chi connectivity index (χ4n) is 3.00. The van der Waals surface area contributed by atoms with Gasteiger partial charge in [0.15, 0.2) is 0 Å². The minimum atomic E-state index is -0.306. The van der Waals surface area contributed by atoms with Crippen LogP contribution in [0.5, 0.6) is 0 Å². The maximum absolute atomic E-state index is 12.5. The van der Waals surface area contributed by atoms with E-state index in [4.69, 9.17) is 0 Å². The SMILES string of the molecule is C[C@H](O)CN1CCN(C(=O)Cc2csc3ccccc23)CC1. The van der Waals surface area contributed by atoms with Crippen molar-refractivity contribution in [2.24, 2.45) is 0 Å². The first-order valence-corrected chi connectivity index (χ1v) is 8.65. The van der Waals surface area contributed by atoms with Gasteiger partial charge in [-0.2, -0.15) is 0 Å². The lowest BCUT2D eigenvalue weighted by Crippen LogP contribution is -2.50. The quantitative estimate of drug-likeness (QED) is 0.937. The zero-order valence-corrected chi connectivity index (χ0v) is 13.7. The number of nitrogens with zero attached hydrogens (tertiary/aromatic N) is 2. The molecular weight excluding hydrogens is 296 g/mol. The highest BCUT2D eigenvalue weighted by Crippen LogP contribution is 2.26. The van der Waals surface area contributed by atoms with E-state index in [-0.39, 0.29) is 12.0 Å². The van der Waals surface area contributed by atoms with Crippen molar-refractivity contribution in [2.45, 2.75) is 19.4 Å². The maximum Gasteiger partial charge on any atom is 0.227 e. The Morgan fingerprint density at radius 1 is 1.27 bits per heavy atom. The molecule has 1 N–H and O–H groups in total. The third kappa shape index (κ3) is 3.48. The highest BCUT2D eigenvalue weighted by Gasteiger charge is 2.22. The number of aliphatic hydroxyl groups excluding tert-OH is 1. The van der Waals surface area contributed by atoms with Gasteiger partial charge in [-0.1, -0.05) is 18.2 Å². The molecule has 4 nitrogen and oxygen atoms in total. The number of rotatable bonds is 4. The van der Waals surface area contributed by atoms with Crippen LogP contribution < -0.4 is 0 Å². The number of amides is 1. The standard InChI is InChI=1S/C17H22N2O2S/c1-13(20)11-18-6-8-19(9-7-18)17(21)10-14-12-22-16-5-3-2-4-15(14)16/h2-5,12-13,20H,6-11H2,1H3/t13-/m0/s1. The van der Waals surface area contributed by atoms with Crippen molar-refractivity contribution in [3.63, 3.8) is 0 Å². The second-order valence-electron chi connectivity index (χ2n) is 5.96. The van der Waals surface area contributed by atoms with Crippen molar-refractivity contribution >= 4 is 27.3 Å². The van der Waals surface area contributed by atoms with Gasteiger partial charge in [0.1, 0.15) is 0 Å². The van der Waals surface area contributed by atoms with E-state index < -0.39 is 0 Å². The summed E-state index contributed by atoms with van der Waals surface area (Å²) in [4.78, 5) is 16.7. The number of hydrogen-bond acceptors (Lipinski definition) is 4. The van der Waals surface area contributed by atoms with E-state index in [0.29, 0.717) is 13.0 Å². The molecule has 2 aromatic rings. The van der Waals surface area contributed by atoms with Crippen LogP contribution in [0.15, 0.2) is 29.6 Å². The minimum absolute atomic E-state index is 0.209. The number of piperazine rings is 1. The zero-order valence-electron chi connectivity index (χ0n) is 12.9. The number of β-amino-alcohol motifs (C(OH)–C–C–N with tert-alkyl or cyclic N) is 1. The summed E-state index contributed by atoms with van der Waals surface area (Å²) >= 11 is 1.70. The fraction of sp³-hybridized carbons (Fsp3) is 0.471. The Hall–Kier alpha value is -1.43. The van der Waals surface area contributed by atoms with Crippen LogP contribution in [0.25, 0.3) is 10.1 Å². The first kappa shape index (κ1) is 15.5. The van der Waals surface area contributed by atoms with E-state index in [2.05, 4.69) is 22.4 Å². The predicted molar refractivity (Wildman–Crippen MR) is 90.2 cm³/mol. The maximum atomic E-state index is 12.5. The number of thiophene rings is 1. The van der Waals surface area contributed by atoms with Gasteiger partial charge in [0, 0.05) is 37.4 Å². The normalized spacial score (nSPS) is 17.8. The average Bonchev–Trinajstić information content (AvgIpc) is 2.91. The van der Waals surface area contributed by atoms with Gasteiger partial charge in [-0.05, 0) is 29.3 Å². The fourth-order valence-corrected chi connectivity index (χ4v) is 3.96. The Balaban J connectivity index is 1.59. The van der Waals surface area contributed by atoms with Crippen molar-refractivity contribution in [1.29, 1.82) is 0 Å². The van der Waals surface area contributed by atoms with Crippen molar-refractivity contribution in [3.8, 4) is 0 Å². The molecule has 1 saturated heterocycles. The molecule has 0 radical (unpaired) electrons. The number of benzene rings is 1. The third-order valence-electron chi connectivity index (χ3n) is 4.15. The molecule has 1 aromatic heterocycles. The molecule has 0 unspecified atom stereocenters. The molecule has 5 heteroatoms. The molecule has 1 atom stereocenters. The van der Waals surface area contributed by atoms with E-state index in [1.165, 1.54) is 10.1 Å². The molecule has 0 spiro atoms. The number of fused-ring (bicyclic) bond motifs is 1. The lowest BCUT2D eigenvalue weighted by molar-refractivity contribution is -0.132. The molecule has 3 rings (SSSR count). The summed E-state index contributed by atoms with van der Waals surface area (Å²) in [6, 6.07) is 8.25. The zero-order chi connectivity index (χ0) is 15.5. The molecule has 1 aliphatic heterocycles. The summed E-state index contributed by atoms with van der Waals surface area (Å²) < 4.78 is 1.24. The van der Waals surface area contributed by atoms with Gasteiger partial charge in [0.2, 0.25) is 5.91 Å². The van der Waals surface area contributed by atoms with Gasteiger partial charge in [-0.25, -0.2) is 0 Å². The summed E-state index contributed by atoms with van der Waals surface area (Å²) in [7, 11) is 0. The molecule has 118 valence electrons. The van der Waals surface area contributed by atoms with Crippen LogP contribution in [0.3, 0.4) is 0 Å². The molecule has 2 heterocycles. The molecule has 1 amide bonds. The van der Waals surface area contributed by atoms with Gasteiger partial charge in [-0.3, -0.25) is 9.69 Å². The molecule has 0 saturated carbocycles. The molecule has 1 aromatic carbocycles. The van der Waals surface area contributed by atoms with Gasteiger partial charge in [0.25, 0.3) is 0 Å². The number of carbonyl (C=O) groups excluding carboxylic acids is 1. The van der Waals surface area contributed by atoms with Crippen molar-refractivity contribution in [3.05, 3.63) is 35.2 Å². The van der Waals surface area contributed by atoms with E-state index in [1.54, 1.807) is 18.3 Å². The number of hydrogen-bond donors (Lipinski definition) is 1. The second kappa shape index (κ2) is 6.77. The van der Waals surface area contributed by atoms with Crippen LogP contribution in [-0.2, 0) is 11.2 Å². The minimum Gasteiger partial charge on any atom is -0.392 e. The lowest BCUT2D eigenvalue weighted by Gasteiger charge is -2.35. The van der Waals surface area contributed by atoms with Crippen molar-refractivity contribution < 1.29 is 9.90 Å². The largest absolute Gasteiger partial charge is 0.392 e. The van der Waals surface area contributed by atoms with E-state index in [0.717, 1.165) is 31.7 Å². The summed E-state index contributed by atoms with van der Waals surface area (Å²) in [6.07, 6.45) is 0.180. The molecule has 1 fully saturated rings. The van der Waals surface area contributed by atoms with Gasteiger partial charge >= 0.3 is 0 Å². The Bertz CT molecular complexity index is 645.